The average Bonchev–Trinajstić information content (AvgIpc) is 2.76. The average molecular weight is 484 g/mol. The molecule has 1 heterocycles. The van der Waals surface area contributed by atoms with Crippen molar-refractivity contribution in [1.82, 2.24) is 9.97 Å². The molecule has 0 saturated heterocycles. The Morgan fingerprint density at radius 3 is 2.77 bits per heavy atom. The monoisotopic (exact) mass is 483 g/mol. The molecule has 0 aliphatic rings. The highest BCUT2D eigenvalue weighted by Crippen LogP contribution is 2.29. The zero-order valence-corrected chi connectivity index (χ0v) is 18.4. The molecule has 0 radical (unpaired) electrons. The Labute approximate surface area is 186 Å². The molecule has 1 N–H and O–H groups in total. The predicted octanol–water partition coefficient (Wildman–Crippen LogP) is 3.70. The van der Waals surface area contributed by atoms with Gasteiger partial charge in [0.1, 0.15) is 6.07 Å². The summed E-state index contributed by atoms with van der Waals surface area (Å²) in [6, 6.07) is 12.2. The minimum Gasteiger partial charge on any atom is -0.493 e. The van der Waals surface area contributed by atoms with Gasteiger partial charge in [0, 0.05) is 4.47 Å². The molecule has 0 amide bonds. The van der Waals surface area contributed by atoms with Crippen molar-refractivity contribution in [3.63, 3.8) is 0 Å². The molecule has 8 nitrogen and oxygen atoms in total. The van der Waals surface area contributed by atoms with Crippen molar-refractivity contribution in [3.05, 3.63) is 62.6 Å². The van der Waals surface area contributed by atoms with E-state index in [9.17, 15) is 14.9 Å². The fraction of sp³-hybridized carbons (Fsp3) is 0.182. The molecule has 3 rings (SSSR count). The molecule has 0 saturated carbocycles. The standard InChI is InChI=1S/C22H18BrN3O5/c1-3-30-20(27)12-31-18-7-4-13(9-19(18)29-2)8-14(11-24)21-25-17-6-5-15(23)10-16(17)22(28)26-21/h4-10H,3,12H2,1-2H3,(H,25,26,28)/b14-8+. The van der Waals surface area contributed by atoms with Crippen LogP contribution in [0.2, 0.25) is 0 Å². The summed E-state index contributed by atoms with van der Waals surface area (Å²) in [6.07, 6.45) is 1.57. The molecular formula is C22H18BrN3O5. The quantitative estimate of drug-likeness (QED) is 0.402. The Morgan fingerprint density at radius 1 is 1.26 bits per heavy atom. The number of carbonyl (C=O) groups is 1. The Balaban J connectivity index is 1.93. The molecule has 0 atom stereocenters. The number of hydrogen-bond donors (Lipinski definition) is 1. The molecule has 3 aromatic rings. The molecule has 0 aliphatic heterocycles. The van der Waals surface area contributed by atoms with Gasteiger partial charge in [0.2, 0.25) is 0 Å². The Hall–Kier alpha value is -3.64. The number of halogens is 1. The van der Waals surface area contributed by atoms with Crippen LogP contribution in [-0.4, -0.2) is 36.3 Å². The maximum Gasteiger partial charge on any atom is 0.344 e. The number of hydrogen-bond acceptors (Lipinski definition) is 7. The second-order valence-corrected chi connectivity index (χ2v) is 7.17. The van der Waals surface area contributed by atoms with Gasteiger partial charge in [-0.15, -0.1) is 0 Å². The van der Waals surface area contributed by atoms with Crippen LogP contribution in [0.1, 0.15) is 18.3 Å². The summed E-state index contributed by atoms with van der Waals surface area (Å²) < 4.78 is 16.4. The predicted molar refractivity (Wildman–Crippen MR) is 119 cm³/mol. The van der Waals surface area contributed by atoms with Crippen molar-refractivity contribution in [3.8, 4) is 17.6 Å². The number of nitrogens with zero attached hydrogens (tertiary/aromatic N) is 2. The first-order chi connectivity index (χ1) is 14.9. The first-order valence-corrected chi connectivity index (χ1v) is 10.0. The number of H-pyrrole nitrogens is 1. The maximum atomic E-state index is 12.4. The molecule has 1 aromatic heterocycles. The lowest BCUT2D eigenvalue weighted by atomic mass is 10.1. The van der Waals surface area contributed by atoms with Gasteiger partial charge >= 0.3 is 5.97 Å². The lowest BCUT2D eigenvalue weighted by Gasteiger charge is -2.11. The van der Waals surface area contributed by atoms with Crippen LogP contribution in [0.5, 0.6) is 11.5 Å². The van der Waals surface area contributed by atoms with Crippen LogP contribution in [0.15, 0.2) is 45.7 Å². The largest absolute Gasteiger partial charge is 0.493 e. The number of aromatic nitrogens is 2. The highest BCUT2D eigenvalue weighted by Gasteiger charge is 2.12. The van der Waals surface area contributed by atoms with Crippen molar-refractivity contribution >= 4 is 44.5 Å². The minimum atomic E-state index is -0.487. The number of esters is 1. The number of nitriles is 1. The van der Waals surface area contributed by atoms with E-state index in [2.05, 4.69) is 32.0 Å². The fourth-order valence-corrected chi connectivity index (χ4v) is 3.15. The van der Waals surface area contributed by atoms with Gasteiger partial charge in [0.15, 0.2) is 23.9 Å². The summed E-state index contributed by atoms with van der Waals surface area (Å²) >= 11 is 3.33. The summed E-state index contributed by atoms with van der Waals surface area (Å²) in [5.74, 6) is 0.400. The van der Waals surface area contributed by atoms with E-state index in [-0.39, 0.29) is 30.2 Å². The highest BCUT2D eigenvalue weighted by atomic mass is 79.9. The molecular weight excluding hydrogens is 466 g/mol. The van der Waals surface area contributed by atoms with E-state index in [1.807, 2.05) is 0 Å². The number of methoxy groups -OCH3 is 1. The van der Waals surface area contributed by atoms with Crippen molar-refractivity contribution in [2.24, 2.45) is 0 Å². The van der Waals surface area contributed by atoms with Crippen LogP contribution in [0, 0.1) is 11.3 Å². The molecule has 2 aromatic carbocycles. The topological polar surface area (TPSA) is 114 Å². The second kappa shape index (κ2) is 9.91. The van der Waals surface area contributed by atoms with Gasteiger partial charge in [-0.25, -0.2) is 9.78 Å². The van der Waals surface area contributed by atoms with E-state index in [1.165, 1.54) is 7.11 Å². The molecule has 0 aliphatic carbocycles. The second-order valence-electron chi connectivity index (χ2n) is 6.25. The Kier molecular flexibility index (Phi) is 7.05. The number of nitrogens with one attached hydrogen (secondary N) is 1. The third-order valence-corrected chi connectivity index (χ3v) is 4.69. The Morgan fingerprint density at radius 2 is 2.06 bits per heavy atom. The molecule has 0 fully saturated rings. The van der Waals surface area contributed by atoms with Crippen molar-refractivity contribution < 1.29 is 19.0 Å². The lowest BCUT2D eigenvalue weighted by Crippen LogP contribution is -2.14. The minimum absolute atomic E-state index is 0.156. The van der Waals surface area contributed by atoms with Crippen LogP contribution in [0.25, 0.3) is 22.6 Å². The summed E-state index contributed by atoms with van der Waals surface area (Å²) in [5.41, 5.74) is 0.922. The van der Waals surface area contributed by atoms with Crippen molar-refractivity contribution in [1.29, 1.82) is 5.26 Å². The third kappa shape index (κ3) is 5.29. The van der Waals surface area contributed by atoms with Crippen molar-refractivity contribution in [2.75, 3.05) is 20.3 Å². The number of ether oxygens (including phenoxy) is 3. The van der Waals surface area contributed by atoms with E-state index in [0.717, 1.165) is 4.47 Å². The third-order valence-electron chi connectivity index (χ3n) is 4.19. The number of benzene rings is 2. The Bertz CT molecular complexity index is 1260. The van der Waals surface area contributed by atoms with E-state index < -0.39 is 5.97 Å². The normalized spacial score (nSPS) is 11.1. The molecule has 158 valence electrons. The van der Waals surface area contributed by atoms with Gasteiger partial charge in [0.05, 0.1) is 30.2 Å². The SMILES string of the molecule is CCOC(=O)COc1ccc(/C=C(\C#N)c2nc3ccc(Br)cc3c(=O)[nH]2)cc1OC. The van der Waals surface area contributed by atoms with Crippen molar-refractivity contribution in [2.45, 2.75) is 6.92 Å². The van der Waals surface area contributed by atoms with Gasteiger partial charge < -0.3 is 19.2 Å². The number of carbonyl (C=O) groups excluding carboxylic acids is 1. The fourth-order valence-electron chi connectivity index (χ4n) is 2.79. The number of aromatic amines is 1. The summed E-state index contributed by atoms with van der Waals surface area (Å²) in [6.45, 7) is 1.73. The summed E-state index contributed by atoms with van der Waals surface area (Å²) in [5, 5.41) is 10.0. The first kappa shape index (κ1) is 22.1. The number of fused-ring (bicyclic) bond motifs is 1. The molecule has 0 bridgehead atoms. The number of rotatable bonds is 7. The smallest absolute Gasteiger partial charge is 0.344 e. The van der Waals surface area contributed by atoms with Gasteiger partial charge in [-0.1, -0.05) is 22.0 Å². The van der Waals surface area contributed by atoms with E-state index >= 15 is 0 Å². The van der Waals surface area contributed by atoms with E-state index in [0.29, 0.717) is 28.0 Å². The molecule has 9 heteroatoms. The van der Waals surface area contributed by atoms with Gasteiger partial charge in [-0.3, -0.25) is 4.79 Å². The van der Waals surface area contributed by atoms with Crippen LogP contribution in [0.3, 0.4) is 0 Å². The summed E-state index contributed by atoms with van der Waals surface area (Å²) in [4.78, 5) is 31.0. The molecule has 0 spiro atoms. The van der Waals surface area contributed by atoms with Gasteiger partial charge in [0.25, 0.3) is 5.56 Å². The molecule has 0 unspecified atom stereocenters. The zero-order valence-electron chi connectivity index (χ0n) is 16.8. The van der Waals surface area contributed by atoms with Crippen LogP contribution in [0.4, 0.5) is 0 Å². The first-order valence-electron chi connectivity index (χ1n) is 9.23. The molecule has 31 heavy (non-hydrogen) atoms. The number of allylic oxidation sites excluding steroid dienone is 1. The van der Waals surface area contributed by atoms with E-state index in [1.54, 1.807) is 49.4 Å². The van der Waals surface area contributed by atoms with E-state index in [4.69, 9.17) is 14.2 Å². The van der Waals surface area contributed by atoms with Crippen LogP contribution in [-0.2, 0) is 9.53 Å². The highest BCUT2D eigenvalue weighted by molar-refractivity contribution is 9.10. The van der Waals surface area contributed by atoms with Gasteiger partial charge in [-0.05, 0) is 48.9 Å². The zero-order chi connectivity index (χ0) is 22.4. The maximum absolute atomic E-state index is 12.4. The van der Waals surface area contributed by atoms with Gasteiger partial charge in [-0.2, -0.15) is 5.26 Å². The van der Waals surface area contributed by atoms with Crippen LogP contribution >= 0.6 is 15.9 Å². The lowest BCUT2D eigenvalue weighted by molar-refractivity contribution is -0.145. The van der Waals surface area contributed by atoms with Crippen LogP contribution < -0.4 is 15.0 Å². The summed E-state index contributed by atoms with van der Waals surface area (Å²) in [7, 11) is 1.46.